The lowest BCUT2D eigenvalue weighted by molar-refractivity contribution is -0.151. The van der Waals surface area contributed by atoms with E-state index in [2.05, 4.69) is 6.92 Å². The normalized spacial score (nSPS) is 19.2. The SMILES string of the molecule is CCCCC[C@@H](O)[C@H](OCc1ccccc1)C(=O)N1C(=O)OC(C)(C)[C@@H]1Cc1ccccc1. The maximum Gasteiger partial charge on any atom is 0.417 e. The predicted octanol–water partition coefficient (Wildman–Crippen LogP) is 4.88. The van der Waals surface area contributed by atoms with Crippen molar-refractivity contribution in [3.8, 4) is 0 Å². The predicted molar refractivity (Wildman–Crippen MR) is 127 cm³/mol. The highest BCUT2D eigenvalue weighted by molar-refractivity contribution is 5.96. The standard InChI is InChI=1S/C27H35NO5/c1-4-5-8-17-22(29)24(32-19-21-15-11-7-12-16-21)25(30)28-23(27(2,3)33-26(28)31)18-20-13-9-6-10-14-20/h6-7,9-16,22-24,29H,4-5,8,17-19H2,1-3H3/t22-,23+,24+/m1/s1. The molecule has 6 heteroatoms. The summed E-state index contributed by atoms with van der Waals surface area (Å²) in [6.07, 6.45) is 0.758. The van der Waals surface area contributed by atoms with E-state index < -0.39 is 35.9 Å². The molecule has 2 aromatic rings. The van der Waals surface area contributed by atoms with Gasteiger partial charge < -0.3 is 14.6 Å². The molecule has 0 aliphatic carbocycles. The van der Waals surface area contributed by atoms with Gasteiger partial charge in [-0.15, -0.1) is 0 Å². The van der Waals surface area contributed by atoms with Crippen molar-refractivity contribution in [2.45, 2.75) is 83.3 Å². The minimum absolute atomic E-state index is 0.164. The van der Waals surface area contributed by atoms with Crippen molar-refractivity contribution in [2.75, 3.05) is 0 Å². The topological polar surface area (TPSA) is 76.1 Å². The van der Waals surface area contributed by atoms with Crippen LogP contribution in [0.15, 0.2) is 60.7 Å². The molecule has 178 valence electrons. The van der Waals surface area contributed by atoms with Crippen molar-refractivity contribution >= 4 is 12.0 Å². The number of carbonyl (C=O) groups excluding carboxylic acids is 2. The van der Waals surface area contributed by atoms with Crippen LogP contribution in [0.1, 0.15) is 57.6 Å². The van der Waals surface area contributed by atoms with Gasteiger partial charge in [0, 0.05) is 0 Å². The quantitative estimate of drug-likeness (QED) is 0.491. The summed E-state index contributed by atoms with van der Waals surface area (Å²) in [5.74, 6) is -0.550. The minimum Gasteiger partial charge on any atom is -0.441 e. The Morgan fingerprint density at radius 1 is 1.06 bits per heavy atom. The van der Waals surface area contributed by atoms with Crippen molar-refractivity contribution in [1.82, 2.24) is 4.90 Å². The van der Waals surface area contributed by atoms with E-state index in [0.717, 1.165) is 35.3 Å². The Kier molecular flexibility index (Phi) is 8.64. The van der Waals surface area contributed by atoms with Crippen LogP contribution in [-0.2, 0) is 27.3 Å². The highest BCUT2D eigenvalue weighted by Crippen LogP contribution is 2.33. The molecule has 1 aliphatic heterocycles. The summed E-state index contributed by atoms with van der Waals surface area (Å²) in [7, 11) is 0. The van der Waals surface area contributed by atoms with E-state index in [0.29, 0.717) is 12.8 Å². The first-order valence-electron chi connectivity index (χ1n) is 11.8. The summed E-state index contributed by atoms with van der Waals surface area (Å²) in [4.78, 5) is 27.7. The molecule has 3 rings (SSSR count). The molecule has 1 saturated heterocycles. The Labute approximate surface area is 196 Å². The Hall–Kier alpha value is -2.70. The molecular weight excluding hydrogens is 418 g/mol. The van der Waals surface area contributed by atoms with Gasteiger partial charge in [0.05, 0.1) is 18.8 Å². The molecular formula is C27H35NO5. The third-order valence-corrected chi connectivity index (χ3v) is 6.14. The molecule has 1 fully saturated rings. The number of cyclic esters (lactones) is 1. The summed E-state index contributed by atoms with van der Waals surface area (Å²) in [6.45, 7) is 5.86. The highest BCUT2D eigenvalue weighted by atomic mass is 16.6. The molecule has 1 heterocycles. The third-order valence-electron chi connectivity index (χ3n) is 6.14. The molecule has 2 amide bonds. The van der Waals surface area contributed by atoms with Gasteiger partial charge in [-0.2, -0.15) is 0 Å². The fourth-order valence-corrected chi connectivity index (χ4v) is 4.20. The Balaban J connectivity index is 1.83. The van der Waals surface area contributed by atoms with Crippen LogP contribution in [0.3, 0.4) is 0 Å². The summed E-state index contributed by atoms with van der Waals surface area (Å²) >= 11 is 0. The van der Waals surface area contributed by atoms with Crippen LogP contribution in [0, 0.1) is 0 Å². The number of nitrogens with zero attached hydrogens (tertiary/aromatic N) is 1. The first-order valence-corrected chi connectivity index (χ1v) is 11.8. The molecule has 0 unspecified atom stereocenters. The van der Waals surface area contributed by atoms with E-state index >= 15 is 0 Å². The zero-order valence-corrected chi connectivity index (χ0v) is 19.8. The van der Waals surface area contributed by atoms with Gasteiger partial charge in [0.25, 0.3) is 5.91 Å². The summed E-state index contributed by atoms with van der Waals surface area (Å²) in [5.41, 5.74) is 1.03. The zero-order valence-electron chi connectivity index (χ0n) is 19.8. The lowest BCUT2D eigenvalue weighted by atomic mass is 9.91. The number of hydrogen-bond acceptors (Lipinski definition) is 5. The van der Waals surface area contributed by atoms with E-state index in [9.17, 15) is 14.7 Å². The van der Waals surface area contributed by atoms with Crippen LogP contribution >= 0.6 is 0 Å². The lowest BCUT2D eigenvalue weighted by Gasteiger charge is -2.31. The zero-order chi connectivity index (χ0) is 23.8. The molecule has 1 N–H and O–H groups in total. The highest BCUT2D eigenvalue weighted by Gasteiger charge is 2.52. The second-order valence-electron chi connectivity index (χ2n) is 9.17. The van der Waals surface area contributed by atoms with E-state index in [4.69, 9.17) is 9.47 Å². The number of ether oxygens (including phenoxy) is 2. The summed E-state index contributed by atoms with van der Waals surface area (Å²) in [5, 5.41) is 10.9. The number of aliphatic hydroxyl groups is 1. The molecule has 6 nitrogen and oxygen atoms in total. The Bertz CT molecular complexity index is 899. The average Bonchev–Trinajstić information content (AvgIpc) is 3.02. The van der Waals surface area contributed by atoms with Gasteiger partial charge in [0.1, 0.15) is 5.60 Å². The fraction of sp³-hybridized carbons (Fsp3) is 0.481. The van der Waals surface area contributed by atoms with Gasteiger partial charge >= 0.3 is 6.09 Å². The monoisotopic (exact) mass is 453 g/mol. The van der Waals surface area contributed by atoms with Crippen LogP contribution in [-0.4, -0.2) is 45.9 Å². The molecule has 0 radical (unpaired) electrons. The molecule has 0 saturated carbocycles. The number of carbonyl (C=O) groups is 2. The largest absolute Gasteiger partial charge is 0.441 e. The molecule has 0 bridgehead atoms. The molecule has 0 aromatic heterocycles. The van der Waals surface area contributed by atoms with Gasteiger partial charge in [0.15, 0.2) is 6.10 Å². The van der Waals surface area contributed by atoms with Gasteiger partial charge in [-0.05, 0) is 37.8 Å². The maximum atomic E-state index is 13.7. The van der Waals surface area contributed by atoms with Crippen LogP contribution in [0.4, 0.5) is 4.79 Å². The second-order valence-corrected chi connectivity index (χ2v) is 9.17. The Morgan fingerprint density at radius 3 is 2.27 bits per heavy atom. The van der Waals surface area contributed by atoms with Crippen LogP contribution in [0.5, 0.6) is 0 Å². The Morgan fingerprint density at radius 2 is 1.67 bits per heavy atom. The first kappa shape index (κ1) is 24.9. The number of unbranched alkanes of at least 4 members (excludes halogenated alkanes) is 2. The van der Waals surface area contributed by atoms with E-state index in [-0.39, 0.29) is 6.61 Å². The maximum absolute atomic E-state index is 13.7. The van der Waals surface area contributed by atoms with Crippen LogP contribution < -0.4 is 0 Å². The lowest BCUT2D eigenvalue weighted by Crippen LogP contribution is -2.53. The van der Waals surface area contributed by atoms with Gasteiger partial charge in [-0.25, -0.2) is 9.69 Å². The van der Waals surface area contributed by atoms with Crippen molar-refractivity contribution in [1.29, 1.82) is 0 Å². The smallest absolute Gasteiger partial charge is 0.417 e. The number of hydrogen-bond donors (Lipinski definition) is 1. The van der Waals surface area contributed by atoms with Crippen molar-refractivity contribution in [2.24, 2.45) is 0 Å². The molecule has 0 spiro atoms. The molecule has 33 heavy (non-hydrogen) atoms. The van der Waals surface area contributed by atoms with Gasteiger partial charge in [-0.3, -0.25) is 4.79 Å². The molecule has 3 atom stereocenters. The van der Waals surface area contributed by atoms with Gasteiger partial charge in [0.2, 0.25) is 0 Å². The number of imide groups is 1. The van der Waals surface area contributed by atoms with Crippen molar-refractivity contribution in [3.05, 3.63) is 71.8 Å². The number of aliphatic hydroxyl groups excluding tert-OH is 1. The first-order chi connectivity index (χ1) is 15.8. The minimum atomic E-state index is -1.15. The molecule has 2 aromatic carbocycles. The van der Waals surface area contributed by atoms with Crippen LogP contribution in [0.2, 0.25) is 0 Å². The summed E-state index contributed by atoms with van der Waals surface area (Å²) < 4.78 is 11.5. The van der Waals surface area contributed by atoms with Crippen molar-refractivity contribution < 1.29 is 24.2 Å². The fourth-order valence-electron chi connectivity index (χ4n) is 4.20. The number of benzene rings is 2. The van der Waals surface area contributed by atoms with E-state index in [1.54, 1.807) is 0 Å². The van der Waals surface area contributed by atoms with E-state index in [1.165, 1.54) is 0 Å². The average molecular weight is 454 g/mol. The summed E-state index contributed by atoms with van der Waals surface area (Å²) in [6, 6.07) is 18.7. The van der Waals surface area contributed by atoms with Crippen molar-refractivity contribution in [3.63, 3.8) is 0 Å². The number of rotatable bonds is 11. The van der Waals surface area contributed by atoms with Gasteiger partial charge in [-0.1, -0.05) is 86.8 Å². The number of amides is 2. The third kappa shape index (κ3) is 6.42. The molecule has 1 aliphatic rings. The second kappa shape index (κ2) is 11.4. The van der Waals surface area contributed by atoms with Crippen LogP contribution in [0.25, 0.3) is 0 Å². The van der Waals surface area contributed by atoms with E-state index in [1.807, 2.05) is 74.5 Å².